The Morgan fingerprint density at radius 2 is 2.20 bits per heavy atom. The number of methoxy groups -OCH3 is 1. The van der Waals surface area contributed by atoms with Crippen molar-refractivity contribution in [1.82, 2.24) is 19.0 Å². The summed E-state index contributed by atoms with van der Waals surface area (Å²) in [7, 11) is 1.68. The van der Waals surface area contributed by atoms with Crippen LogP contribution in [0.5, 0.6) is 0 Å². The summed E-state index contributed by atoms with van der Waals surface area (Å²) in [5, 5.41) is 0. The number of nitrogens with zero attached hydrogens (tertiary/aromatic N) is 4. The maximum atomic E-state index is 12.6. The van der Waals surface area contributed by atoms with E-state index in [1.165, 1.54) is 10.6 Å². The van der Waals surface area contributed by atoms with E-state index in [-0.39, 0.29) is 23.9 Å². The molecule has 0 radical (unpaired) electrons. The Morgan fingerprint density at radius 1 is 1.32 bits per heavy atom. The molecule has 0 aromatic carbocycles. The Balaban J connectivity index is 1.67. The molecule has 0 saturated carbocycles. The summed E-state index contributed by atoms with van der Waals surface area (Å²) in [4.78, 5) is 30.8. The molecule has 1 aliphatic rings. The quantitative estimate of drug-likeness (QED) is 0.787. The molecule has 7 nitrogen and oxygen atoms in total. The molecular weight excluding hydrogens is 320 g/mol. The summed E-state index contributed by atoms with van der Waals surface area (Å²) in [6.07, 6.45) is 7.36. The van der Waals surface area contributed by atoms with Gasteiger partial charge >= 0.3 is 0 Å². The Bertz CT molecular complexity index is 767. The van der Waals surface area contributed by atoms with E-state index < -0.39 is 0 Å². The smallest absolute Gasteiger partial charge is 0.250 e. The summed E-state index contributed by atoms with van der Waals surface area (Å²) in [6, 6.07) is 4.92. The average molecular weight is 344 g/mol. The number of carbonyl (C=O) groups excluding carboxylic acids is 1. The number of hydrogen-bond donors (Lipinski definition) is 0. The van der Waals surface area contributed by atoms with E-state index in [0.29, 0.717) is 13.2 Å². The Hall–Kier alpha value is -2.41. The van der Waals surface area contributed by atoms with Crippen molar-refractivity contribution in [2.75, 3.05) is 26.8 Å². The van der Waals surface area contributed by atoms with E-state index in [9.17, 15) is 9.59 Å². The monoisotopic (exact) mass is 344 g/mol. The zero-order valence-electron chi connectivity index (χ0n) is 14.5. The molecule has 1 fully saturated rings. The number of amides is 1. The van der Waals surface area contributed by atoms with Gasteiger partial charge in [0.1, 0.15) is 12.4 Å². The van der Waals surface area contributed by atoms with Gasteiger partial charge in [0.15, 0.2) is 0 Å². The third-order valence-corrected chi connectivity index (χ3v) is 4.63. The lowest BCUT2D eigenvalue weighted by atomic mass is 9.97. The van der Waals surface area contributed by atoms with Gasteiger partial charge in [-0.25, -0.2) is 4.98 Å². The Kier molecular flexibility index (Phi) is 5.65. The molecule has 3 heterocycles. The maximum absolute atomic E-state index is 12.6. The van der Waals surface area contributed by atoms with Crippen molar-refractivity contribution in [1.29, 1.82) is 0 Å². The van der Waals surface area contributed by atoms with Crippen LogP contribution in [-0.2, 0) is 22.6 Å². The van der Waals surface area contributed by atoms with Gasteiger partial charge in [-0.3, -0.25) is 9.59 Å². The van der Waals surface area contributed by atoms with Gasteiger partial charge in [0, 0.05) is 57.3 Å². The minimum absolute atomic E-state index is 0.0204. The van der Waals surface area contributed by atoms with Crippen molar-refractivity contribution in [3.05, 3.63) is 53.0 Å². The largest absolute Gasteiger partial charge is 0.383 e. The SMILES string of the molecule is COCCn1ccnc1[C@H]1CCCN(C(=O)Cn2ccccc2=O)C1. The third-order valence-electron chi connectivity index (χ3n) is 4.63. The van der Waals surface area contributed by atoms with E-state index in [4.69, 9.17) is 4.74 Å². The van der Waals surface area contributed by atoms with E-state index >= 15 is 0 Å². The molecule has 134 valence electrons. The van der Waals surface area contributed by atoms with Crippen LogP contribution in [0.3, 0.4) is 0 Å². The number of rotatable bonds is 6. The van der Waals surface area contributed by atoms with E-state index in [2.05, 4.69) is 9.55 Å². The molecule has 25 heavy (non-hydrogen) atoms. The highest BCUT2D eigenvalue weighted by Gasteiger charge is 2.27. The molecule has 0 N–H and O–H groups in total. The van der Waals surface area contributed by atoms with Crippen LogP contribution in [0.4, 0.5) is 0 Å². The minimum atomic E-state index is -0.153. The lowest BCUT2D eigenvalue weighted by Gasteiger charge is -2.33. The van der Waals surface area contributed by atoms with Gasteiger partial charge in [-0.05, 0) is 18.9 Å². The molecule has 1 atom stereocenters. The first-order valence-corrected chi connectivity index (χ1v) is 8.62. The van der Waals surface area contributed by atoms with Crippen LogP contribution in [0.15, 0.2) is 41.6 Å². The van der Waals surface area contributed by atoms with Gasteiger partial charge in [0.2, 0.25) is 5.91 Å². The van der Waals surface area contributed by atoms with Crippen LogP contribution in [0.2, 0.25) is 0 Å². The van der Waals surface area contributed by atoms with Crippen LogP contribution in [0.1, 0.15) is 24.6 Å². The van der Waals surface area contributed by atoms with Gasteiger partial charge in [0.25, 0.3) is 5.56 Å². The standard InChI is InChI=1S/C18H24N4O3/c1-25-12-11-20-10-7-19-18(20)15-5-4-9-21(13-15)17(24)14-22-8-3-2-6-16(22)23/h2-3,6-8,10,15H,4-5,9,11-14H2,1H3/t15-/m0/s1. The first kappa shape index (κ1) is 17.4. The number of imidazole rings is 1. The number of aromatic nitrogens is 3. The molecule has 3 rings (SSSR count). The van der Waals surface area contributed by atoms with Crippen LogP contribution in [0, 0.1) is 0 Å². The summed E-state index contributed by atoms with van der Waals surface area (Å²) >= 11 is 0. The molecule has 0 aliphatic carbocycles. The first-order chi connectivity index (χ1) is 12.2. The molecule has 1 saturated heterocycles. The lowest BCUT2D eigenvalue weighted by Crippen LogP contribution is -2.42. The van der Waals surface area contributed by atoms with Crippen LogP contribution in [-0.4, -0.2) is 51.7 Å². The predicted molar refractivity (Wildman–Crippen MR) is 93.4 cm³/mol. The fourth-order valence-electron chi connectivity index (χ4n) is 3.31. The Morgan fingerprint density at radius 3 is 3.00 bits per heavy atom. The van der Waals surface area contributed by atoms with E-state index in [1.54, 1.807) is 31.6 Å². The van der Waals surface area contributed by atoms with Crippen LogP contribution < -0.4 is 5.56 Å². The van der Waals surface area contributed by atoms with E-state index in [1.807, 2.05) is 11.1 Å². The third kappa shape index (κ3) is 4.17. The molecule has 1 amide bonds. The Labute approximate surface area is 146 Å². The van der Waals surface area contributed by atoms with Gasteiger partial charge in [0.05, 0.1) is 6.61 Å². The van der Waals surface area contributed by atoms with Gasteiger partial charge in [-0.1, -0.05) is 6.07 Å². The molecule has 1 aliphatic heterocycles. The van der Waals surface area contributed by atoms with Crippen molar-refractivity contribution < 1.29 is 9.53 Å². The molecule has 0 bridgehead atoms. The summed E-state index contributed by atoms with van der Waals surface area (Å²) in [5.41, 5.74) is -0.153. The zero-order chi connectivity index (χ0) is 17.6. The van der Waals surface area contributed by atoms with Crippen molar-refractivity contribution in [2.45, 2.75) is 31.8 Å². The van der Waals surface area contributed by atoms with Crippen molar-refractivity contribution in [3.8, 4) is 0 Å². The lowest BCUT2D eigenvalue weighted by molar-refractivity contribution is -0.133. The number of hydrogen-bond acceptors (Lipinski definition) is 4. The van der Waals surface area contributed by atoms with Crippen molar-refractivity contribution in [3.63, 3.8) is 0 Å². The second-order valence-corrected chi connectivity index (χ2v) is 6.32. The molecule has 2 aromatic heterocycles. The highest BCUT2D eigenvalue weighted by Crippen LogP contribution is 2.26. The van der Waals surface area contributed by atoms with Gasteiger partial charge in [-0.2, -0.15) is 0 Å². The highest BCUT2D eigenvalue weighted by atomic mass is 16.5. The summed E-state index contributed by atoms with van der Waals surface area (Å²) in [6.45, 7) is 2.86. The number of pyridine rings is 1. The molecule has 0 unspecified atom stereocenters. The fraction of sp³-hybridized carbons (Fsp3) is 0.500. The first-order valence-electron chi connectivity index (χ1n) is 8.62. The topological polar surface area (TPSA) is 69.4 Å². The normalized spacial score (nSPS) is 17.6. The summed E-state index contributed by atoms with van der Waals surface area (Å²) in [5.74, 6) is 1.21. The van der Waals surface area contributed by atoms with Gasteiger partial charge < -0.3 is 18.8 Å². The maximum Gasteiger partial charge on any atom is 0.250 e. The van der Waals surface area contributed by atoms with E-state index in [0.717, 1.165) is 31.8 Å². The van der Waals surface area contributed by atoms with Crippen LogP contribution in [0.25, 0.3) is 0 Å². The minimum Gasteiger partial charge on any atom is -0.383 e. The molecule has 7 heteroatoms. The second kappa shape index (κ2) is 8.11. The van der Waals surface area contributed by atoms with Crippen molar-refractivity contribution in [2.24, 2.45) is 0 Å². The molecule has 2 aromatic rings. The predicted octanol–water partition coefficient (Wildman–Crippen LogP) is 1.10. The summed E-state index contributed by atoms with van der Waals surface area (Å²) < 4.78 is 8.70. The average Bonchev–Trinajstić information content (AvgIpc) is 3.10. The van der Waals surface area contributed by atoms with Crippen LogP contribution >= 0.6 is 0 Å². The van der Waals surface area contributed by atoms with Crippen molar-refractivity contribution >= 4 is 5.91 Å². The number of piperidine rings is 1. The molecule has 0 spiro atoms. The van der Waals surface area contributed by atoms with Gasteiger partial charge in [-0.15, -0.1) is 0 Å². The number of likely N-dealkylation sites (tertiary alicyclic amines) is 1. The zero-order valence-corrected chi connectivity index (χ0v) is 14.5. The second-order valence-electron chi connectivity index (χ2n) is 6.32. The number of ether oxygens (including phenoxy) is 1. The number of carbonyl (C=O) groups is 1. The molecular formula is C18H24N4O3. The highest BCUT2D eigenvalue weighted by molar-refractivity contribution is 5.76. The fourth-order valence-corrected chi connectivity index (χ4v) is 3.31.